The van der Waals surface area contributed by atoms with Crippen molar-refractivity contribution >= 4 is 16.9 Å². The average molecular weight is 280 g/mol. The monoisotopic (exact) mass is 280 g/mol. The van der Waals surface area contributed by atoms with Gasteiger partial charge in [0.05, 0.1) is 11.1 Å². The van der Waals surface area contributed by atoms with Crippen LogP contribution in [0.4, 0.5) is 5.82 Å². The second-order valence-electron chi connectivity index (χ2n) is 5.44. The molecule has 0 unspecified atom stereocenters. The van der Waals surface area contributed by atoms with Crippen LogP contribution >= 0.6 is 0 Å². The molecule has 2 aromatic heterocycles. The quantitative estimate of drug-likeness (QED) is 0.781. The topological polar surface area (TPSA) is 56.7 Å². The number of para-hydroxylation sites is 1. The van der Waals surface area contributed by atoms with Gasteiger partial charge >= 0.3 is 0 Å². The van der Waals surface area contributed by atoms with E-state index in [0.717, 1.165) is 23.0 Å². The molecule has 0 bridgehead atoms. The molecular weight excluding hydrogens is 260 g/mol. The van der Waals surface area contributed by atoms with E-state index in [4.69, 9.17) is 5.73 Å². The van der Waals surface area contributed by atoms with E-state index < -0.39 is 0 Å². The van der Waals surface area contributed by atoms with Crippen LogP contribution in [0, 0.1) is 20.8 Å². The van der Waals surface area contributed by atoms with Crippen LogP contribution in [0.15, 0.2) is 24.5 Å². The first-order valence-electron chi connectivity index (χ1n) is 7.23. The van der Waals surface area contributed by atoms with Gasteiger partial charge < -0.3 is 5.73 Å². The lowest BCUT2D eigenvalue weighted by atomic mass is 10.1. The van der Waals surface area contributed by atoms with Crippen molar-refractivity contribution in [3.8, 4) is 5.69 Å². The van der Waals surface area contributed by atoms with Gasteiger partial charge in [-0.15, -0.1) is 0 Å². The number of benzene rings is 1. The first-order chi connectivity index (χ1) is 10.1. The van der Waals surface area contributed by atoms with E-state index in [9.17, 15) is 0 Å². The molecule has 0 amide bonds. The third kappa shape index (κ3) is 1.90. The summed E-state index contributed by atoms with van der Waals surface area (Å²) in [7, 11) is 0. The minimum absolute atomic E-state index is 0.547. The predicted octanol–water partition coefficient (Wildman–Crippen LogP) is 3.49. The van der Waals surface area contributed by atoms with Gasteiger partial charge in [0.25, 0.3) is 0 Å². The summed E-state index contributed by atoms with van der Waals surface area (Å²) in [5.41, 5.74) is 13.0. The Balaban J connectivity index is 2.48. The standard InChI is InChI=1S/C17H20N4/c1-5-13-8-6-7-10(2)15(13)21-12(4)11(3)14-16(18)19-9-20-17(14)21/h6-9H,5H2,1-4H3,(H2,18,19,20). The minimum atomic E-state index is 0.547. The van der Waals surface area contributed by atoms with Crippen LogP contribution in [-0.4, -0.2) is 14.5 Å². The number of nitrogen functional groups attached to an aromatic ring is 1. The number of rotatable bonds is 2. The normalized spacial score (nSPS) is 11.2. The molecule has 0 aliphatic rings. The molecule has 1 aromatic carbocycles. The highest BCUT2D eigenvalue weighted by atomic mass is 15.1. The zero-order chi connectivity index (χ0) is 15.1. The Kier molecular flexibility index (Phi) is 3.16. The SMILES string of the molecule is CCc1cccc(C)c1-n1c(C)c(C)c2c(N)ncnc21. The summed E-state index contributed by atoms with van der Waals surface area (Å²) in [5, 5.41) is 0.959. The van der Waals surface area contributed by atoms with E-state index in [-0.39, 0.29) is 0 Å². The van der Waals surface area contributed by atoms with Gasteiger partial charge in [0.15, 0.2) is 5.65 Å². The average Bonchev–Trinajstić information content (AvgIpc) is 2.72. The molecule has 0 atom stereocenters. The molecule has 4 heteroatoms. The molecular formula is C17H20N4. The molecule has 21 heavy (non-hydrogen) atoms. The Labute approximate surface area is 124 Å². The maximum atomic E-state index is 6.06. The molecule has 3 rings (SSSR count). The molecule has 0 spiro atoms. The summed E-state index contributed by atoms with van der Waals surface area (Å²) >= 11 is 0. The summed E-state index contributed by atoms with van der Waals surface area (Å²) in [4.78, 5) is 8.62. The maximum Gasteiger partial charge on any atom is 0.150 e. The van der Waals surface area contributed by atoms with E-state index >= 15 is 0 Å². The van der Waals surface area contributed by atoms with Crippen LogP contribution < -0.4 is 5.73 Å². The van der Waals surface area contributed by atoms with Gasteiger partial charge in [0.2, 0.25) is 0 Å². The third-order valence-electron chi connectivity index (χ3n) is 4.25. The second kappa shape index (κ2) is 4.88. The van der Waals surface area contributed by atoms with Gasteiger partial charge in [0.1, 0.15) is 12.1 Å². The summed E-state index contributed by atoms with van der Waals surface area (Å²) in [6.07, 6.45) is 2.52. The lowest BCUT2D eigenvalue weighted by molar-refractivity contribution is 0.966. The van der Waals surface area contributed by atoms with Crippen molar-refractivity contribution in [3.63, 3.8) is 0 Å². The fourth-order valence-electron chi connectivity index (χ4n) is 3.02. The van der Waals surface area contributed by atoms with E-state index in [1.165, 1.54) is 28.8 Å². The van der Waals surface area contributed by atoms with Crippen molar-refractivity contribution in [1.29, 1.82) is 0 Å². The second-order valence-corrected chi connectivity index (χ2v) is 5.44. The summed E-state index contributed by atoms with van der Waals surface area (Å²) < 4.78 is 2.22. The summed E-state index contributed by atoms with van der Waals surface area (Å²) in [6, 6.07) is 6.42. The number of fused-ring (bicyclic) bond motifs is 1. The van der Waals surface area contributed by atoms with Crippen LogP contribution in [0.1, 0.15) is 29.3 Å². The number of aromatic nitrogens is 3. The molecule has 2 N–H and O–H groups in total. The van der Waals surface area contributed by atoms with E-state index in [1.54, 1.807) is 0 Å². The highest BCUT2D eigenvalue weighted by Gasteiger charge is 2.18. The largest absolute Gasteiger partial charge is 0.383 e. The Morgan fingerprint density at radius 3 is 2.62 bits per heavy atom. The molecule has 0 aliphatic carbocycles. The van der Waals surface area contributed by atoms with Gasteiger partial charge in [-0.05, 0) is 43.9 Å². The van der Waals surface area contributed by atoms with Crippen LogP contribution in [0.5, 0.6) is 0 Å². The van der Waals surface area contributed by atoms with Crippen molar-refractivity contribution < 1.29 is 0 Å². The number of hydrogen-bond acceptors (Lipinski definition) is 3. The van der Waals surface area contributed by atoms with Gasteiger partial charge in [-0.25, -0.2) is 9.97 Å². The number of anilines is 1. The Hall–Kier alpha value is -2.36. The summed E-state index contributed by atoms with van der Waals surface area (Å²) in [5.74, 6) is 0.547. The van der Waals surface area contributed by atoms with Gasteiger partial charge in [-0.3, -0.25) is 4.57 Å². The highest BCUT2D eigenvalue weighted by Crippen LogP contribution is 2.32. The minimum Gasteiger partial charge on any atom is -0.383 e. The van der Waals surface area contributed by atoms with Crippen molar-refractivity contribution in [3.05, 3.63) is 46.9 Å². The van der Waals surface area contributed by atoms with Crippen LogP contribution in [-0.2, 0) is 6.42 Å². The maximum absolute atomic E-state index is 6.06. The lowest BCUT2D eigenvalue weighted by Crippen LogP contribution is -2.05. The van der Waals surface area contributed by atoms with Crippen LogP contribution in [0.2, 0.25) is 0 Å². The third-order valence-corrected chi connectivity index (χ3v) is 4.25. The number of nitrogens with two attached hydrogens (primary N) is 1. The van der Waals surface area contributed by atoms with Crippen molar-refractivity contribution in [2.45, 2.75) is 34.1 Å². The zero-order valence-electron chi connectivity index (χ0n) is 12.9. The van der Waals surface area contributed by atoms with Crippen molar-refractivity contribution in [1.82, 2.24) is 14.5 Å². The van der Waals surface area contributed by atoms with Crippen LogP contribution in [0.25, 0.3) is 16.7 Å². The molecule has 0 saturated heterocycles. The Morgan fingerprint density at radius 1 is 1.14 bits per heavy atom. The molecule has 4 nitrogen and oxygen atoms in total. The smallest absolute Gasteiger partial charge is 0.150 e. The van der Waals surface area contributed by atoms with E-state index in [2.05, 4.69) is 60.4 Å². The van der Waals surface area contributed by atoms with Crippen molar-refractivity contribution in [2.75, 3.05) is 5.73 Å². The molecule has 0 aliphatic heterocycles. The molecule has 0 fully saturated rings. The summed E-state index contributed by atoms with van der Waals surface area (Å²) in [6.45, 7) is 8.51. The van der Waals surface area contributed by atoms with Gasteiger partial charge in [-0.1, -0.05) is 25.1 Å². The van der Waals surface area contributed by atoms with Gasteiger partial charge in [-0.2, -0.15) is 0 Å². The Morgan fingerprint density at radius 2 is 1.90 bits per heavy atom. The first kappa shape index (κ1) is 13.6. The molecule has 3 aromatic rings. The lowest BCUT2D eigenvalue weighted by Gasteiger charge is -2.15. The highest BCUT2D eigenvalue weighted by molar-refractivity contribution is 5.92. The van der Waals surface area contributed by atoms with E-state index in [1.807, 2.05) is 0 Å². The first-order valence-corrected chi connectivity index (χ1v) is 7.23. The predicted molar refractivity (Wildman–Crippen MR) is 86.9 cm³/mol. The number of aryl methyl sites for hydroxylation is 3. The molecule has 108 valence electrons. The zero-order valence-corrected chi connectivity index (χ0v) is 12.9. The molecule has 0 radical (unpaired) electrons. The Bertz CT molecular complexity index is 830. The number of nitrogens with zero attached hydrogens (tertiary/aromatic N) is 3. The number of hydrogen-bond donors (Lipinski definition) is 1. The van der Waals surface area contributed by atoms with Crippen LogP contribution in [0.3, 0.4) is 0 Å². The molecule has 2 heterocycles. The van der Waals surface area contributed by atoms with Crippen molar-refractivity contribution in [2.24, 2.45) is 0 Å². The molecule has 0 saturated carbocycles. The van der Waals surface area contributed by atoms with Gasteiger partial charge in [0, 0.05) is 5.69 Å². The van der Waals surface area contributed by atoms with E-state index in [0.29, 0.717) is 5.82 Å². The fourth-order valence-corrected chi connectivity index (χ4v) is 3.02. The fraction of sp³-hybridized carbons (Fsp3) is 0.294.